The number of fused-ring (bicyclic) bond motifs is 1. The maximum absolute atomic E-state index is 12.3. The highest BCUT2D eigenvalue weighted by Crippen LogP contribution is 2.19. The van der Waals surface area contributed by atoms with Crippen LogP contribution in [0.3, 0.4) is 0 Å². The van der Waals surface area contributed by atoms with Crippen molar-refractivity contribution in [2.45, 2.75) is 25.7 Å². The van der Waals surface area contributed by atoms with Gasteiger partial charge in [0, 0.05) is 29.6 Å². The number of aromatic amines is 1. The summed E-state index contributed by atoms with van der Waals surface area (Å²) in [5.41, 5.74) is 3.40. The van der Waals surface area contributed by atoms with Gasteiger partial charge in [0.05, 0.1) is 6.42 Å². The molecule has 2 aromatic carbocycles. The van der Waals surface area contributed by atoms with Crippen LogP contribution in [-0.2, 0) is 11.2 Å². The number of aromatic nitrogens is 1. The van der Waals surface area contributed by atoms with Crippen molar-refractivity contribution in [3.05, 3.63) is 71.9 Å². The van der Waals surface area contributed by atoms with Gasteiger partial charge in [-0.3, -0.25) is 4.79 Å². The van der Waals surface area contributed by atoms with E-state index in [0.29, 0.717) is 18.9 Å². The average molecular weight is 306 g/mol. The second-order valence-electron chi connectivity index (χ2n) is 5.86. The van der Waals surface area contributed by atoms with Crippen molar-refractivity contribution in [2.75, 3.05) is 6.54 Å². The quantitative estimate of drug-likeness (QED) is 0.710. The Labute approximate surface area is 136 Å². The summed E-state index contributed by atoms with van der Waals surface area (Å²) in [6, 6.07) is 18.4. The van der Waals surface area contributed by atoms with Crippen molar-refractivity contribution in [1.29, 1.82) is 0 Å². The van der Waals surface area contributed by atoms with Gasteiger partial charge in [-0.1, -0.05) is 55.5 Å². The fraction of sp³-hybridized carbons (Fsp3) is 0.250. The topological polar surface area (TPSA) is 44.9 Å². The maximum Gasteiger partial charge on any atom is 0.224 e. The summed E-state index contributed by atoms with van der Waals surface area (Å²) in [7, 11) is 0. The van der Waals surface area contributed by atoms with E-state index in [0.717, 1.165) is 22.9 Å². The summed E-state index contributed by atoms with van der Waals surface area (Å²) < 4.78 is 0. The van der Waals surface area contributed by atoms with E-state index in [-0.39, 0.29) is 5.91 Å². The molecule has 1 aromatic heterocycles. The Hall–Kier alpha value is -2.55. The van der Waals surface area contributed by atoms with E-state index in [4.69, 9.17) is 0 Å². The molecule has 1 atom stereocenters. The highest BCUT2D eigenvalue weighted by atomic mass is 16.1. The molecule has 0 fully saturated rings. The molecule has 118 valence electrons. The average Bonchev–Trinajstić information content (AvgIpc) is 2.99. The minimum absolute atomic E-state index is 0.0733. The lowest BCUT2D eigenvalue weighted by molar-refractivity contribution is -0.120. The SMILES string of the molecule is CC[C@H](CNC(=O)Cc1c[nH]c2ccccc12)c1ccccc1. The molecule has 23 heavy (non-hydrogen) atoms. The minimum Gasteiger partial charge on any atom is -0.361 e. The number of hydrogen-bond donors (Lipinski definition) is 2. The van der Waals surface area contributed by atoms with Crippen LogP contribution < -0.4 is 5.32 Å². The number of para-hydroxylation sites is 1. The number of rotatable bonds is 6. The first-order valence-corrected chi connectivity index (χ1v) is 8.14. The van der Waals surface area contributed by atoms with Crippen molar-refractivity contribution >= 4 is 16.8 Å². The Morgan fingerprint density at radius 2 is 1.83 bits per heavy atom. The van der Waals surface area contributed by atoms with Crippen molar-refractivity contribution in [3.8, 4) is 0 Å². The van der Waals surface area contributed by atoms with Gasteiger partial charge in [0.15, 0.2) is 0 Å². The van der Waals surface area contributed by atoms with E-state index < -0.39 is 0 Å². The molecule has 0 aliphatic heterocycles. The zero-order valence-electron chi connectivity index (χ0n) is 13.4. The molecule has 0 spiro atoms. The van der Waals surface area contributed by atoms with Gasteiger partial charge >= 0.3 is 0 Å². The molecular formula is C20H22N2O. The van der Waals surface area contributed by atoms with Crippen LogP contribution in [0.5, 0.6) is 0 Å². The molecule has 0 unspecified atom stereocenters. The fourth-order valence-electron chi connectivity index (χ4n) is 2.97. The lowest BCUT2D eigenvalue weighted by Gasteiger charge is -2.16. The van der Waals surface area contributed by atoms with Crippen LogP contribution >= 0.6 is 0 Å². The van der Waals surface area contributed by atoms with Crippen molar-refractivity contribution in [3.63, 3.8) is 0 Å². The third kappa shape index (κ3) is 3.62. The molecule has 0 aliphatic rings. The minimum atomic E-state index is 0.0733. The van der Waals surface area contributed by atoms with Crippen LogP contribution in [0, 0.1) is 0 Å². The van der Waals surface area contributed by atoms with Crippen LogP contribution in [0.2, 0.25) is 0 Å². The number of amides is 1. The summed E-state index contributed by atoms with van der Waals surface area (Å²) in [5, 5.41) is 4.21. The molecule has 0 saturated heterocycles. The second kappa shape index (κ2) is 7.14. The Balaban J connectivity index is 1.61. The van der Waals surface area contributed by atoms with Gasteiger partial charge in [-0.05, 0) is 23.6 Å². The molecule has 1 amide bonds. The molecule has 0 saturated carbocycles. The first kappa shape index (κ1) is 15.3. The van der Waals surface area contributed by atoms with E-state index in [2.05, 4.69) is 29.4 Å². The van der Waals surface area contributed by atoms with E-state index in [1.807, 2.05) is 48.7 Å². The molecular weight excluding hydrogens is 284 g/mol. The van der Waals surface area contributed by atoms with E-state index in [1.54, 1.807) is 0 Å². The number of carbonyl (C=O) groups is 1. The van der Waals surface area contributed by atoms with E-state index in [1.165, 1.54) is 5.56 Å². The third-order valence-corrected chi connectivity index (χ3v) is 4.34. The van der Waals surface area contributed by atoms with Gasteiger partial charge in [0.25, 0.3) is 0 Å². The Kier molecular flexibility index (Phi) is 4.77. The van der Waals surface area contributed by atoms with Crippen LogP contribution in [0.15, 0.2) is 60.8 Å². The van der Waals surface area contributed by atoms with Crippen LogP contribution in [0.25, 0.3) is 10.9 Å². The summed E-state index contributed by atoms with van der Waals surface area (Å²) in [6.45, 7) is 2.84. The smallest absolute Gasteiger partial charge is 0.224 e. The normalized spacial score (nSPS) is 12.2. The zero-order valence-corrected chi connectivity index (χ0v) is 13.4. The van der Waals surface area contributed by atoms with Crippen molar-refractivity contribution in [1.82, 2.24) is 10.3 Å². The molecule has 3 rings (SSSR count). The zero-order chi connectivity index (χ0) is 16.1. The van der Waals surface area contributed by atoms with Crippen LogP contribution in [-0.4, -0.2) is 17.4 Å². The highest BCUT2D eigenvalue weighted by Gasteiger charge is 2.12. The summed E-state index contributed by atoms with van der Waals surface area (Å²) in [5.74, 6) is 0.437. The molecule has 0 radical (unpaired) electrons. The third-order valence-electron chi connectivity index (χ3n) is 4.34. The molecule has 3 aromatic rings. The van der Waals surface area contributed by atoms with Gasteiger partial charge in [-0.2, -0.15) is 0 Å². The summed E-state index contributed by atoms with van der Waals surface area (Å²) in [4.78, 5) is 15.5. The van der Waals surface area contributed by atoms with Crippen LogP contribution in [0.4, 0.5) is 0 Å². The first-order chi connectivity index (χ1) is 11.3. The van der Waals surface area contributed by atoms with Gasteiger partial charge in [0.1, 0.15) is 0 Å². The predicted octanol–water partition coefficient (Wildman–Crippen LogP) is 4.02. The van der Waals surface area contributed by atoms with Crippen molar-refractivity contribution in [2.24, 2.45) is 0 Å². The summed E-state index contributed by atoms with van der Waals surface area (Å²) >= 11 is 0. The largest absolute Gasteiger partial charge is 0.361 e. The molecule has 1 heterocycles. The molecule has 2 N–H and O–H groups in total. The van der Waals surface area contributed by atoms with Gasteiger partial charge in [-0.15, -0.1) is 0 Å². The van der Waals surface area contributed by atoms with E-state index in [9.17, 15) is 4.79 Å². The van der Waals surface area contributed by atoms with Gasteiger partial charge in [-0.25, -0.2) is 0 Å². The fourth-order valence-corrected chi connectivity index (χ4v) is 2.97. The Morgan fingerprint density at radius 1 is 1.09 bits per heavy atom. The maximum atomic E-state index is 12.3. The van der Waals surface area contributed by atoms with Crippen molar-refractivity contribution < 1.29 is 4.79 Å². The second-order valence-corrected chi connectivity index (χ2v) is 5.86. The van der Waals surface area contributed by atoms with Gasteiger partial charge in [0.2, 0.25) is 5.91 Å². The summed E-state index contributed by atoms with van der Waals surface area (Å²) in [6.07, 6.45) is 3.35. The molecule has 0 aliphatic carbocycles. The number of nitrogens with one attached hydrogen (secondary N) is 2. The number of hydrogen-bond acceptors (Lipinski definition) is 1. The number of H-pyrrole nitrogens is 1. The van der Waals surface area contributed by atoms with Crippen LogP contribution in [0.1, 0.15) is 30.4 Å². The number of carbonyl (C=O) groups excluding carboxylic acids is 1. The Morgan fingerprint density at radius 3 is 2.61 bits per heavy atom. The Bertz CT molecular complexity index is 776. The molecule has 3 heteroatoms. The number of benzene rings is 2. The monoisotopic (exact) mass is 306 g/mol. The first-order valence-electron chi connectivity index (χ1n) is 8.14. The molecule has 3 nitrogen and oxygen atoms in total. The van der Waals surface area contributed by atoms with E-state index >= 15 is 0 Å². The predicted molar refractivity (Wildman–Crippen MR) is 94.5 cm³/mol. The highest BCUT2D eigenvalue weighted by molar-refractivity contribution is 5.88. The lowest BCUT2D eigenvalue weighted by Crippen LogP contribution is -2.29. The lowest BCUT2D eigenvalue weighted by atomic mass is 9.96. The standard InChI is InChI=1S/C20H22N2O/c1-2-15(16-8-4-3-5-9-16)13-22-20(23)12-17-14-21-19-11-7-6-10-18(17)19/h3-11,14-15,21H,2,12-13H2,1H3,(H,22,23)/t15-/m1/s1. The van der Waals surface area contributed by atoms with Gasteiger partial charge < -0.3 is 10.3 Å². The molecule has 0 bridgehead atoms.